The SMILES string of the molecule is CC(C)(NC(=O)OCCOCCO)c1cccc(C(C)(C)NC(=O)Oc2ccc(C(C)(CCC(=O)O)c3ccc(OC(=O)NC(C)(C)c4cccc(C(C)(C)NC(=O)OCCOCCOC(=O)NC(C)(C)c5cccc(C(C)(C)NC(=O)Oc6ccc(C(C)(CCC(=O)O)c7ccc(O)cc7)cc6)c5)c4)cc3)cc2)c1. The molecule has 0 bridgehead atoms. The van der Waals surface area contributed by atoms with Crippen LogP contribution in [0.4, 0.5) is 28.8 Å². The first kappa shape index (κ1) is 86.0. The molecule has 26 nitrogen and oxygen atoms in total. The molecular weight excluding hydrogens is 1410 g/mol. The zero-order chi connectivity index (χ0) is 80.9. The number of hydrogen-bond donors (Lipinski definition) is 10. The highest BCUT2D eigenvalue weighted by Gasteiger charge is 2.36. The van der Waals surface area contributed by atoms with Gasteiger partial charge in [-0.3, -0.25) is 9.59 Å². The van der Waals surface area contributed by atoms with Gasteiger partial charge in [-0.15, -0.1) is 0 Å². The van der Waals surface area contributed by atoms with E-state index < -0.39 is 92.6 Å². The van der Waals surface area contributed by atoms with Crippen LogP contribution >= 0.6 is 0 Å². The molecule has 2 atom stereocenters. The predicted octanol–water partition coefficient (Wildman–Crippen LogP) is 14.4. The van der Waals surface area contributed by atoms with Crippen LogP contribution in [0.3, 0.4) is 0 Å². The number of aromatic hydroxyl groups is 1. The van der Waals surface area contributed by atoms with Crippen LogP contribution in [-0.2, 0) is 77.3 Å². The summed E-state index contributed by atoms with van der Waals surface area (Å²) in [6.07, 6.45) is -4.02. The fraction of sp³-hybridized carbons (Fsp3) is 0.405. The maximum absolute atomic E-state index is 13.6. The van der Waals surface area contributed by atoms with Crippen LogP contribution in [0.2, 0.25) is 0 Å². The molecule has 0 fully saturated rings. The second-order valence-corrected chi connectivity index (χ2v) is 30.3. The smallest absolute Gasteiger partial charge is 0.413 e. The van der Waals surface area contributed by atoms with Gasteiger partial charge in [0.15, 0.2) is 0 Å². The Morgan fingerprint density at radius 1 is 0.300 bits per heavy atom. The van der Waals surface area contributed by atoms with Gasteiger partial charge in [0, 0.05) is 23.7 Å². The van der Waals surface area contributed by atoms with Crippen LogP contribution in [0.1, 0.15) is 178 Å². The van der Waals surface area contributed by atoms with Gasteiger partial charge < -0.3 is 90.2 Å². The molecule has 0 saturated carbocycles. The minimum Gasteiger partial charge on any atom is -0.508 e. The van der Waals surface area contributed by atoms with Crippen molar-refractivity contribution in [2.45, 2.75) is 167 Å². The summed E-state index contributed by atoms with van der Waals surface area (Å²) >= 11 is 0. The highest BCUT2D eigenvalue weighted by Crippen LogP contribution is 2.41. The molecule has 0 radical (unpaired) electrons. The van der Waals surface area contributed by atoms with Gasteiger partial charge >= 0.3 is 48.5 Å². The van der Waals surface area contributed by atoms with E-state index in [1.807, 2.05) is 122 Å². The topological polar surface area (TPSA) is 363 Å². The maximum Gasteiger partial charge on any atom is 0.413 e. The molecule has 26 heteroatoms. The summed E-state index contributed by atoms with van der Waals surface area (Å²) in [6, 6.07) is 49.1. The molecule has 0 aliphatic heterocycles. The third-order valence-corrected chi connectivity index (χ3v) is 19.3. The lowest BCUT2D eigenvalue weighted by molar-refractivity contribution is -0.138. The Labute approximate surface area is 642 Å². The van der Waals surface area contributed by atoms with Crippen molar-refractivity contribution in [3.63, 3.8) is 0 Å². The molecule has 7 rings (SSSR count). The molecule has 10 N–H and O–H groups in total. The average Bonchev–Trinajstić information content (AvgIpc) is 0.815. The van der Waals surface area contributed by atoms with Gasteiger partial charge in [0.1, 0.15) is 42.8 Å². The Morgan fingerprint density at radius 2 is 0.527 bits per heavy atom. The number of benzene rings is 7. The first-order chi connectivity index (χ1) is 51.6. The van der Waals surface area contributed by atoms with Gasteiger partial charge in [-0.25, -0.2) is 28.8 Å². The van der Waals surface area contributed by atoms with Crippen LogP contribution in [0.25, 0.3) is 0 Å². The lowest BCUT2D eigenvalue weighted by atomic mass is 9.73. The second kappa shape index (κ2) is 37.3. The van der Waals surface area contributed by atoms with Gasteiger partial charge in [0.25, 0.3) is 0 Å². The highest BCUT2D eigenvalue weighted by molar-refractivity contribution is 5.75. The Hall–Kier alpha value is -11.2. The lowest BCUT2D eigenvalue weighted by Crippen LogP contribution is -2.44. The Bertz CT molecular complexity index is 4310. The van der Waals surface area contributed by atoms with Crippen LogP contribution in [0, 0.1) is 0 Å². The van der Waals surface area contributed by atoms with Crippen molar-refractivity contribution in [2.75, 3.05) is 52.9 Å². The number of nitrogens with one attached hydrogen (secondary N) is 6. The highest BCUT2D eigenvalue weighted by atomic mass is 16.6. The van der Waals surface area contributed by atoms with E-state index in [1.54, 1.807) is 145 Å². The summed E-state index contributed by atoms with van der Waals surface area (Å²) in [5.41, 5.74) is 0.222. The Morgan fingerprint density at radius 3 is 0.764 bits per heavy atom. The van der Waals surface area contributed by atoms with E-state index in [9.17, 15) is 53.7 Å². The molecule has 110 heavy (non-hydrogen) atoms. The number of rotatable bonds is 36. The van der Waals surface area contributed by atoms with Crippen molar-refractivity contribution in [3.05, 3.63) is 225 Å². The average molecular weight is 1520 g/mol. The molecule has 7 aromatic carbocycles. The number of carbonyl (C=O) groups is 8. The summed E-state index contributed by atoms with van der Waals surface area (Å²) in [6.45, 7) is 25.5. The number of hydrogen-bond acceptors (Lipinski definition) is 18. The van der Waals surface area contributed by atoms with Crippen molar-refractivity contribution in [2.24, 2.45) is 0 Å². The van der Waals surface area contributed by atoms with E-state index in [2.05, 4.69) is 31.9 Å². The molecule has 2 unspecified atom stereocenters. The molecule has 0 spiro atoms. The molecule has 0 aliphatic rings. The van der Waals surface area contributed by atoms with Gasteiger partial charge in [0.2, 0.25) is 0 Å². The van der Waals surface area contributed by atoms with Crippen molar-refractivity contribution in [3.8, 4) is 23.0 Å². The monoisotopic (exact) mass is 1520 g/mol. The number of phenols is 1. The third-order valence-electron chi connectivity index (χ3n) is 19.3. The second-order valence-electron chi connectivity index (χ2n) is 30.3. The first-order valence-electron chi connectivity index (χ1n) is 36.1. The van der Waals surface area contributed by atoms with Crippen molar-refractivity contribution < 1.29 is 96.7 Å². The van der Waals surface area contributed by atoms with E-state index in [1.165, 1.54) is 0 Å². The van der Waals surface area contributed by atoms with Crippen molar-refractivity contribution in [1.82, 2.24) is 31.9 Å². The largest absolute Gasteiger partial charge is 0.508 e. The van der Waals surface area contributed by atoms with E-state index in [0.717, 1.165) is 44.5 Å². The minimum absolute atomic E-state index is 0.00468. The zero-order valence-corrected chi connectivity index (χ0v) is 65.0. The molecule has 7 aromatic rings. The third kappa shape index (κ3) is 24.7. The fourth-order valence-electron chi connectivity index (χ4n) is 12.3. The number of aliphatic carboxylic acids is 2. The molecule has 590 valence electrons. The quantitative estimate of drug-likeness (QED) is 0.0129. The number of amides is 6. The summed E-state index contributed by atoms with van der Waals surface area (Å²) in [5.74, 6) is -1.11. The van der Waals surface area contributed by atoms with Crippen LogP contribution in [-0.4, -0.2) is 122 Å². The number of ether oxygens (including phenoxy) is 8. The normalized spacial score (nSPS) is 13.0. The Kier molecular flexibility index (Phi) is 29.1. The van der Waals surface area contributed by atoms with Crippen LogP contribution < -0.4 is 46.1 Å². The molecular formula is C84H104N6O20. The number of aliphatic hydroxyl groups excluding tert-OH is 1. The molecule has 0 heterocycles. The Balaban J connectivity index is 0.830. The van der Waals surface area contributed by atoms with Gasteiger partial charge in [-0.2, -0.15) is 0 Å². The van der Waals surface area contributed by atoms with Crippen LogP contribution in [0.5, 0.6) is 23.0 Å². The number of alkyl carbamates (subject to hydrolysis) is 3. The fourth-order valence-corrected chi connectivity index (χ4v) is 12.3. The van der Waals surface area contributed by atoms with E-state index in [4.69, 9.17) is 43.0 Å². The molecule has 6 amide bonds. The van der Waals surface area contributed by atoms with Crippen molar-refractivity contribution in [1.29, 1.82) is 0 Å². The summed E-state index contributed by atoms with van der Waals surface area (Å²) in [4.78, 5) is 103. The minimum atomic E-state index is -0.990. The van der Waals surface area contributed by atoms with E-state index >= 15 is 0 Å². The van der Waals surface area contributed by atoms with Gasteiger partial charge in [0.05, 0.1) is 66.3 Å². The summed E-state index contributed by atoms with van der Waals surface area (Å²) in [7, 11) is 0. The number of carboxylic acids is 2. The van der Waals surface area contributed by atoms with Gasteiger partial charge in [-0.05, 0) is 200 Å². The molecule has 0 saturated heterocycles. The van der Waals surface area contributed by atoms with Crippen LogP contribution in [0.15, 0.2) is 170 Å². The van der Waals surface area contributed by atoms with Gasteiger partial charge in [-0.1, -0.05) is 135 Å². The standard InChI is InChI=1S/C84H104N6O20/c1-77(2,85-71(97)105-49-46-103-45-44-91)59-18-15-21-62(52-59)80(7,8)89-75(101)109-67-36-28-57(29-37-67)84(14,43-41-70(95)96)58-30-38-68(39-31-58)110-76(102)90-82(11,12)64-23-17-20-61(54-64)79(5,6)87-73(99)107-51-48-104-47-50-106-72(98)86-78(3,4)60-19-16-22-63(53-60)81(9,10)88-74(100)108-66-34-26-56(27-35-66)83(13,42-40-69(93)94)55-24-32-65(92)33-25-55/h15-39,52-54,91-92H,40-51H2,1-14H3,(H,85,97)(H,86,98)(H,87,99)(H,88,100)(H,89,101)(H,90,102)(H,93,94)(H,95,96). The number of phenolic OH excluding ortho intramolecular Hbond substituents is 1. The zero-order valence-electron chi connectivity index (χ0n) is 65.0. The summed E-state index contributed by atoms with van der Waals surface area (Å²) < 4.78 is 44.0. The first-order valence-corrected chi connectivity index (χ1v) is 36.1. The number of carboxylic acid groups (broad SMARTS) is 2. The lowest BCUT2D eigenvalue weighted by Gasteiger charge is -2.31. The van der Waals surface area contributed by atoms with E-state index in [-0.39, 0.29) is 102 Å². The molecule has 0 aliphatic carbocycles. The van der Waals surface area contributed by atoms with Crippen molar-refractivity contribution >= 4 is 48.5 Å². The summed E-state index contributed by atoms with van der Waals surface area (Å²) in [5, 5.41) is 55.4. The number of carbonyl (C=O) groups excluding carboxylic acids is 6. The predicted molar refractivity (Wildman–Crippen MR) is 411 cm³/mol. The number of aliphatic hydroxyl groups is 1. The van der Waals surface area contributed by atoms with E-state index in [0.29, 0.717) is 11.1 Å². The molecule has 0 aromatic heterocycles. The maximum atomic E-state index is 13.6.